The van der Waals surface area contributed by atoms with Crippen LogP contribution < -0.4 is 11.1 Å². The summed E-state index contributed by atoms with van der Waals surface area (Å²) in [6.07, 6.45) is 4.50. The molecule has 1 aliphatic rings. The number of hydrogen-bond acceptors (Lipinski definition) is 3. The highest BCUT2D eigenvalue weighted by Crippen LogP contribution is 2.35. The summed E-state index contributed by atoms with van der Waals surface area (Å²) in [6.45, 7) is 4.59. The van der Waals surface area contributed by atoms with Crippen LogP contribution in [0.1, 0.15) is 49.2 Å². The molecule has 1 amide bonds. The third-order valence-electron chi connectivity index (χ3n) is 3.58. The Morgan fingerprint density at radius 3 is 2.65 bits per heavy atom. The largest absolute Gasteiger partial charge is 0.397 e. The molecule has 17 heavy (non-hydrogen) atoms. The molecule has 1 fully saturated rings. The van der Waals surface area contributed by atoms with Gasteiger partial charge in [-0.2, -0.15) is 0 Å². The molecule has 1 aromatic heterocycles. The number of nitrogens with two attached hydrogens (primary N) is 1. The lowest BCUT2D eigenvalue weighted by molar-refractivity contribution is 0.0914. The van der Waals surface area contributed by atoms with Gasteiger partial charge in [-0.05, 0) is 42.5 Å². The Kier molecular flexibility index (Phi) is 3.43. The van der Waals surface area contributed by atoms with Gasteiger partial charge in [0, 0.05) is 6.04 Å². The zero-order chi connectivity index (χ0) is 12.5. The van der Waals surface area contributed by atoms with Crippen LogP contribution >= 0.6 is 11.3 Å². The van der Waals surface area contributed by atoms with Gasteiger partial charge in [-0.25, -0.2) is 0 Å². The average Bonchev–Trinajstić information content (AvgIpc) is 2.68. The lowest BCUT2D eigenvalue weighted by Gasteiger charge is -2.34. The molecule has 1 saturated carbocycles. The molecule has 3 N–H and O–H groups in total. The molecule has 0 aromatic carbocycles. The molecule has 1 aliphatic carbocycles. The van der Waals surface area contributed by atoms with Crippen molar-refractivity contribution in [2.45, 2.75) is 45.6 Å². The quantitative estimate of drug-likeness (QED) is 0.850. The molecule has 1 aromatic rings. The highest BCUT2D eigenvalue weighted by atomic mass is 32.1. The van der Waals surface area contributed by atoms with Gasteiger partial charge in [0.1, 0.15) is 4.88 Å². The van der Waals surface area contributed by atoms with E-state index in [1.54, 1.807) is 6.07 Å². The summed E-state index contributed by atoms with van der Waals surface area (Å²) in [5.41, 5.74) is 6.76. The number of thiophene rings is 1. The van der Waals surface area contributed by atoms with Crippen molar-refractivity contribution in [3.8, 4) is 0 Å². The van der Waals surface area contributed by atoms with Crippen molar-refractivity contribution in [1.82, 2.24) is 5.32 Å². The second kappa shape index (κ2) is 4.69. The first-order valence-corrected chi connectivity index (χ1v) is 7.00. The third-order valence-corrected chi connectivity index (χ3v) is 4.51. The number of carbonyl (C=O) groups is 1. The number of rotatable bonds is 2. The normalized spacial score (nSPS) is 20.1. The lowest BCUT2D eigenvalue weighted by Crippen LogP contribution is -2.39. The van der Waals surface area contributed by atoms with Crippen LogP contribution in [0.15, 0.2) is 11.4 Å². The fraction of sp³-hybridized carbons (Fsp3) is 0.615. The molecule has 1 heterocycles. The fourth-order valence-corrected chi connectivity index (χ4v) is 3.02. The van der Waals surface area contributed by atoms with Gasteiger partial charge >= 0.3 is 0 Å². The van der Waals surface area contributed by atoms with Crippen molar-refractivity contribution < 1.29 is 4.79 Å². The lowest BCUT2D eigenvalue weighted by atomic mass is 9.75. The minimum atomic E-state index is -0.0118. The van der Waals surface area contributed by atoms with E-state index in [2.05, 4.69) is 19.2 Å². The van der Waals surface area contributed by atoms with E-state index in [1.807, 2.05) is 5.38 Å². The van der Waals surface area contributed by atoms with Gasteiger partial charge in [0.05, 0.1) is 5.69 Å². The topological polar surface area (TPSA) is 55.1 Å². The maximum absolute atomic E-state index is 12.0. The second-order valence-electron chi connectivity index (χ2n) is 5.62. The van der Waals surface area contributed by atoms with Crippen LogP contribution in [0.25, 0.3) is 0 Å². The molecule has 4 heteroatoms. The monoisotopic (exact) mass is 252 g/mol. The molecule has 0 bridgehead atoms. The van der Waals surface area contributed by atoms with Crippen molar-refractivity contribution in [3.63, 3.8) is 0 Å². The molecule has 2 rings (SSSR count). The minimum absolute atomic E-state index is 0.0118. The van der Waals surface area contributed by atoms with Crippen molar-refractivity contribution in [1.29, 1.82) is 0 Å². The van der Waals surface area contributed by atoms with E-state index in [1.165, 1.54) is 24.2 Å². The van der Waals surface area contributed by atoms with Gasteiger partial charge in [0.25, 0.3) is 5.91 Å². The van der Waals surface area contributed by atoms with E-state index in [9.17, 15) is 4.79 Å². The molecular weight excluding hydrogens is 232 g/mol. The maximum atomic E-state index is 12.0. The number of amides is 1. The summed E-state index contributed by atoms with van der Waals surface area (Å²) in [5.74, 6) is -0.0118. The Balaban J connectivity index is 1.91. The average molecular weight is 252 g/mol. The Labute approximate surface area is 106 Å². The van der Waals surface area contributed by atoms with E-state index in [0.29, 0.717) is 22.0 Å². The molecule has 0 spiro atoms. The first-order chi connectivity index (χ1) is 7.98. The molecule has 0 radical (unpaired) electrons. The second-order valence-corrected chi connectivity index (χ2v) is 6.53. The summed E-state index contributed by atoms with van der Waals surface area (Å²) >= 11 is 1.41. The standard InChI is InChI=1S/C13H20N2OS/c1-13(2)6-3-9(4-7-13)15-12(16)11-10(14)5-8-17-11/h5,8-9H,3-4,6-7,14H2,1-2H3,(H,15,16). The zero-order valence-corrected chi connectivity index (χ0v) is 11.3. The van der Waals surface area contributed by atoms with Gasteiger partial charge in [-0.1, -0.05) is 13.8 Å². The van der Waals surface area contributed by atoms with Gasteiger partial charge < -0.3 is 11.1 Å². The van der Waals surface area contributed by atoms with E-state index in [4.69, 9.17) is 5.73 Å². The van der Waals surface area contributed by atoms with Crippen LogP contribution in [0, 0.1) is 5.41 Å². The highest BCUT2D eigenvalue weighted by Gasteiger charge is 2.28. The Bertz CT molecular complexity index is 401. The Morgan fingerprint density at radius 2 is 2.12 bits per heavy atom. The van der Waals surface area contributed by atoms with Gasteiger partial charge in [0.2, 0.25) is 0 Å². The molecular formula is C13H20N2OS. The van der Waals surface area contributed by atoms with E-state index < -0.39 is 0 Å². The van der Waals surface area contributed by atoms with Crippen molar-refractivity contribution in [2.75, 3.05) is 5.73 Å². The molecule has 94 valence electrons. The van der Waals surface area contributed by atoms with E-state index in [0.717, 1.165) is 12.8 Å². The van der Waals surface area contributed by atoms with Crippen LogP contribution in [0.2, 0.25) is 0 Å². The van der Waals surface area contributed by atoms with Gasteiger partial charge in [-0.3, -0.25) is 4.79 Å². The van der Waals surface area contributed by atoms with E-state index >= 15 is 0 Å². The number of nitrogens with one attached hydrogen (secondary N) is 1. The van der Waals surface area contributed by atoms with Crippen LogP contribution in [0.4, 0.5) is 5.69 Å². The number of anilines is 1. The summed E-state index contributed by atoms with van der Waals surface area (Å²) in [5, 5.41) is 4.95. The third kappa shape index (κ3) is 3.00. The van der Waals surface area contributed by atoms with Gasteiger partial charge in [-0.15, -0.1) is 11.3 Å². The summed E-state index contributed by atoms with van der Waals surface area (Å²) < 4.78 is 0. The Morgan fingerprint density at radius 1 is 1.47 bits per heavy atom. The first kappa shape index (κ1) is 12.4. The SMILES string of the molecule is CC1(C)CCC(NC(=O)c2sccc2N)CC1. The zero-order valence-electron chi connectivity index (χ0n) is 10.5. The molecule has 0 aliphatic heterocycles. The van der Waals surface area contributed by atoms with Gasteiger partial charge in [0.15, 0.2) is 0 Å². The molecule has 3 nitrogen and oxygen atoms in total. The predicted molar refractivity (Wildman–Crippen MR) is 72.2 cm³/mol. The summed E-state index contributed by atoms with van der Waals surface area (Å²) in [4.78, 5) is 12.6. The smallest absolute Gasteiger partial charge is 0.263 e. The number of nitrogen functional groups attached to an aromatic ring is 1. The van der Waals surface area contributed by atoms with Crippen molar-refractivity contribution in [2.24, 2.45) is 5.41 Å². The summed E-state index contributed by atoms with van der Waals surface area (Å²) in [6, 6.07) is 2.10. The molecule has 0 atom stereocenters. The number of carbonyl (C=O) groups excluding carboxylic acids is 1. The van der Waals surface area contributed by atoms with Crippen LogP contribution in [-0.4, -0.2) is 11.9 Å². The van der Waals surface area contributed by atoms with Crippen LogP contribution in [0.3, 0.4) is 0 Å². The maximum Gasteiger partial charge on any atom is 0.263 e. The number of hydrogen-bond donors (Lipinski definition) is 2. The first-order valence-electron chi connectivity index (χ1n) is 6.12. The minimum Gasteiger partial charge on any atom is -0.397 e. The van der Waals surface area contributed by atoms with E-state index in [-0.39, 0.29) is 5.91 Å². The van der Waals surface area contributed by atoms with Crippen LogP contribution in [0.5, 0.6) is 0 Å². The van der Waals surface area contributed by atoms with Crippen molar-refractivity contribution in [3.05, 3.63) is 16.3 Å². The fourth-order valence-electron chi connectivity index (χ4n) is 2.30. The van der Waals surface area contributed by atoms with Crippen LogP contribution in [-0.2, 0) is 0 Å². The predicted octanol–water partition coefficient (Wildman–Crippen LogP) is 3.03. The highest BCUT2D eigenvalue weighted by molar-refractivity contribution is 7.12. The molecule has 0 unspecified atom stereocenters. The molecule has 0 saturated heterocycles. The summed E-state index contributed by atoms with van der Waals surface area (Å²) in [7, 11) is 0. The Hall–Kier alpha value is -1.03. The van der Waals surface area contributed by atoms with Crippen molar-refractivity contribution >= 4 is 22.9 Å².